The Bertz CT molecular complexity index is 862. The van der Waals surface area contributed by atoms with E-state index in [9.17, 15) is 0 Å². The van der Waals surface area contributed by atoms with E-state index in [1.54, 1.807) is 0 Å². The highest BCUT2D eigenvalue weighted by Crippen LogP contribution is 2.37. The first-order chi connectivity index (χ1) is 11.3. The van der Waals surface area contributed by atoms with Crippen LogP contribution in [0.2, 0.25) is 0 Å². The first-order valence-corrected chi connectivity index (χ1v) is 8.42. The van der Waals surface area contributed by atoms with Crippen LogP contribution in [0, 0.1) is 6.92 Å². The van der Waals surface area contributed by atoms with Crippen molar-refractivity contribution in [2.75, 3.05) is 0 Å². The summed E-state index contributed by atoms with van der Waals surface area (Å²) in [6.45, 7) is 2.09. The maximum atomic E-state index is 4.67. The van der Waals surface area contributed by atoms with E-state index >= 15 is 0 Å². The standard InChI is InChI=1S/C22H21N/c1-16-15-21(20-9-5-6-10-22(20)23-16)19-13-11-18(12-14-19)17-7-3-2-4-8-17/h2-10,13,15,18H,11-12,14H2,1H3. The van der Waals surface area contributed by atoms with Gasteiger partial charge in [0, 0.05) is 11.1 Å². The monoisotopic (exact) mass is 299 g/mol. The van der Waals surface area contributed by atoms with Crippen molar-refractivity contribution in [2.24, 2.45) is 0 Å². The number of fused-ring (bicyclic) bond motifs is 1. The van der Waals surface area contributed by atoms with Crippen LogP contribution in [0.3, 0.4) is 0 Å². The lowest BCUT2D eigenvalue weighted by Gasteiger charge is -2.23. The number of para-hydroxylation sites is 1. The van der Waals surface area contributed by atoms with E-state index in [2.05, 4.69) is 78.6 Å². The Hall–Kier alpha value is -2.41. The molecule has 1 aromatic heterocycles. The second-order valence-electron chi connectivity index (χ2n) is 6.44. The molecule has 3 aromatic rings. The number of nitrogens with zero attached hydrogens (tertiary/aromatic N) is 1. The molecule has 0 amide bonds. The summed E-state index contributed by atoms with van der Waals surface area (Å²) in [5.41, 5.74) is 6.54. The van der Waals surface area contributed by atoms with Crippen molar-refractivity contribution < 1.29 is 0 Å². The molecule has 0 aliphatic heterocycles. The van der Waals surface area contributed by atoms with Crippen LogP contribution in [0.5, 0.6) is 0 Å². The molecule has 0 saturated heterocycles. The summed E-state index contributed by atoms with van der Waals surface area (Å²) in [4.78, 5) is 4.67. The largest absolute Gasteiger partial charge is 0.253 e. The predicted octanol–water partition coefficient (Wildman–Crippen LogP) is 5.89. The third-order valence-corrected chi connectivity index (χ3v) is 4.87. The van der Waals surface area contributed by atoms with Crippen molar-refractivity contribution in [3.05, 3.63) is 83.6 Å². The summed E-state index contributed by atoms with van der Waals surface area (Å²) < 4.78 is 0. The molecule has 0 spiro atoms. The molecule has 1 aliphatic rings. The van der Waals surface area contributed by atoms with Gasteiger partial charge in [-0.25, -0.2) is 0 Å². The van der Waals surface area contributed by atoms with Crippen LogP contribution in [0.1, 0.15) is 42.0 Å². The number of pyridine rings is 1. The van der Waals surface area contributed by atoms with Gasteiger partial charge in [0.05, 0.1) is 5.52 Å². The van der Waals surface area contributed by atoms with Gasteiger partial charge in [0.25, 0.3) is 0 Å². The number of hydrogen-bond acceptors (Lipinski definition) is 1. The van der Waals surface area contributed by atoms with E-state index in [0.717, 1.165) is 24.1 Å². The highest BCUT2D eigenvalue weighted by Gasteiger charge is 2.18. The number of aryl methyl sites for hydroxylation is 1. The first-order valence-electron chi connectivity index (χ1n) is 8.42. The lowest BCUT2D eigenvalue weighted by atomic mass is 9.82. The average Bonchev–Trinajstić information content (AvgIpc) is 2.62. The Balaban J connectivity index is 1.69. The summed E-state index contributed by atoms with van der Waals surface area (Å²) in [5.74, 6) is 0.661. The lowest BCUT2D eigenvalue weighted by Crippen LogP contribution is -2.04. The predicted molar refractivity (Wildman–Crippen MR) is 97.5 cm³/mol. The molecule has 0 radical (unpaired) electrons. The Morgan fingerprint density at radius 1 is 0.957 bits per heavy atom. The minimum atomic E-state index is 0.661. The van der Waals surface area contributed by atoms with Gasteiger partial charge in [0.1, 0.15) is 0 Å². The molecule has 0 fully saturated rings. The van der Waals surface area contributed by atoms with Gasteiger partial charge in [-0.05, 0) is 60.9 Å². The van der Waals surface area contributed by atoms with Crippen LogP contribution in [0.15, 0.2) is 66.7 Å². The summed E-state index contributed by atoms with van der Waals surface area (Å²) in [5, 5.41) is 1.28. The molecule has 2 aromatic carbocycles. The number of allylic oxidation sites excluding steroid dienone is 2. The zero-order valence-electron chi connectivity index (χ0n) is 13.5. The number of rotatable bonds is 2. The Kier molecular flexibility index (Phi) is 3.70. The van der Waals surface area contributed by atoms with Crippen molar-refractivity contribution in [1.82, 2.24) is 4.98 Å². The topological polar surface area (TPSA) is 12.9 Å². The molecule has 0 bridgehead atoms. The maximum Gasteiger partial charge on any atom is 0.0711 e. The highest BCUT2D eigenvalue weighted by molar-refractivity contribution is 5.92. The number of hydrogen-bond donors (Lipinski definition) is 0. The summed E-state index contributed by atoms with van der Waals surface area (Å²) in [6, 6.07) is 21.6. The SMILES string of the molecule is Cc1cc(C2=CCC(c3ccccc3)CC2)c2ccccc2n1. The van der Waals surface area contributed by atoms with Crippen LogP contribution >= 0.6 is 0 Å². The molecule has 23 heavy (non-hydrogen) atoms. The second kappa shape index (κ2) is 6.00. The first kappa shape index (κ1) is 14.2. The van der Waals surface area contributed by atoms with Crippen molar-refractivity contribution in [1.29, 1.82) is 0 Å². The fraction of sp³-hybridized carbons (Fsp3) is 0.227. The molecule has 1 aliphatic carbocycles. The molecule has 4 rings (SSSR count). The molecule has 0 N–H and O–H groups in total. The van der Waals surface area contributed by atoms with Crippen molar-refractivity contribution in [3.63, 3.8) is 0 Å². The van der Waals surface area contributed by atoms with Crippen molar-refractivity contribution >= 4 is 16.5 Å². The summed E-state index contributed by atoms with van der Waals surface area (Å²) >= 11 is 0. The highest BCUT2D eigenvalue weighted by atomic mass is 14.7. The van der Waals surface area contributed by atoms with Gasteiger partial charge in [-0.2, -0.15) is 0 Å². The van der Waals surface area contributed by atoms with Crippen LogP contribution in [0.25, 0.3) is 16.5 Å². The van der Waals surface area contributed by atoms with E-state index in [0.29, 0.717) is 5.92 Å². The lowest BCUT2D eigenvalue weighted by molar-refractivity contribution is 0.626. The molecule has 1 unspecified atom stereocenters. The van der Waals surface area contributed by atoms with Gasteiger partial charge in [0.15, 0.2) is 0 Å². The Morgan fingerprint density at radius 2 is 1.74 bits per heavy atom. The summed E-state index contributed by atoms with van der Waals surface area (Å²) in [7, 11) is 0. The Labute approximate surface area is 137 Å². The number of aromatic nitrogens is 1. The van der Waals surface area contributed by atoms with Gasteiger partial charge in [-0.3, -0.25) is 4.98 Å². The zero-order chi connectivity index (χ0) is 15.6. The van der Waals surface area contributed by atoms with Crippen LogP contribution < -0.4 is 0 Å². The fourth-order valence-corrected chi connectivity index (χ4v) is 3.68. The van der Waals surface area contributed by atoms with E-state index in [1.807, 2.05) is 0 Å². The molecular weight excluding hydrogens is 278 g/mol. The van der Waals surface area contributed by atoms with Crippen molar-refractivity contribution in [2.45, 2.75) is 32.1 Å². The normalized spacial score (nSPS) is 18.0. The third-order valence-electron chi connectivity index (χ3n) is 4.87. The molecule has 1 heterocycles. The minimum Gasteiger partial charge on any atom is -0.253 e. The molecule has 0 saturated carbocycles. The second-order valence-corrected chi connectivity index (χ2v) is 6.44. The van der Waals surface area contributed by atoms with E-state index in [-0.39, 0.29) is 0 Å². The summed E-state index contributed by atoms with van der Waals surface area (Å²) in [6.07, 6.45) is 5.95. The molecule has 1 nitrogen and oxygen atoms in total. The molecule has 114 valence electrons. The quantitative estimate of drug-likeness (QED) is 0.574. The van der Waals surface area contributed by atoms with Crippen molar-refractivity contribution in [3.8, 4) is 0 Å². The third kappa shape index (κ3) is 2.79. The van der Waals surface area contributed by atoms with E-state index in [4.69, 9.17) is 0 Å². The Morgan fingerprint density at radius 3 is 2.52 bits per heavy atom. The van der Waals surface area contributed by atoms with Gasteiger partial charge in [-0.15, -0.1) is 0 Å². The molecule has 1 heteroatoms. The van der Waals surface area contributed by atoms with Gasteiger partial charge >= 0.3 is 0 Å². The van der Waals surface area contributed by atoms with Crippen LogP contribution in [-0.2, 0) is 0 Å². The van der Waals surface area contributed by atoms with E-state index in [1.165, 1.54) is 28.5 Å². The zero-order valence-corrected chi connectivity index (χ0v) is 13.5. The van der Waals surface area contributed by atoms with Crippen LogP contribution in [0.4, 0.5) is 0 Å². The smallest absolute Gasteiger partial charge is 0.0711 e. The van der Waals surface area contributed by atoms with Crippen LogP contribution in [-0.4, -0.2) is 4.98 Å². The fourth-order valence-electron chi connectivity index (χ4n) is 3.68. The molecule has 1 atom stereocenters. The van der Waals surface area contributed by atoms with Gasteiger partial charge < -0.3 is 0 Å². The van der Waals surface area contributed by atoms with E-state index < -0.39 is 0 Å². The van der Waals surface area contributed by atoms with Gasteiger partial charge in [0.2, 0.25) is 0 Å². The number of benzene rings is 2. The average molecular weight is 299 g/mol. The molecular formula is C22H21N. The minimum absolute atomic E-state index is 0.661. The van der Waals surface area contributed by atoms with Gasteiger partial charge in [-0.1, -0.05) is 54.6 Å². The maximum absolute atomic E-state index is 4.67.